The van der Waals surface area contributed by atoms with Gasteiger partial charge in [0.2, 0.25) is 0 Å². The lowest BCUT2D eigenvalue weighted by atomic mass is 10.2. The molecule has 0 aliphatic rings. The first-order valence-electron chi connectivity index (χ1n) is 11.8. The number of aromatic hydroxyl groups is 1. The summed E-state index contributed by atoms with van der Waals surface area (Å²) < 4.78 is 2.80. The number of aromatic amines is 2. The predicted molar refractivity (Wildman–Crippen MR) is 155 cm³/mol. The summed E-state index contributed by atoms with van der Waals surface area (Å²) in [5.41, 5.74) is 3.34. The zero-order chi connectivity index (χ0) is 27.7. The molecule has 196 valence electrons. The van der Waals surface area contributed by atoms with Crippen LogP contribution in [0.3, 0.4) is 0 Å². The third-order valence-electron chi connectivity index (χ3n) is 6.04. The summed E-state index contributed by atoms with van der Waals surface area (Å²) in [5.74, 6) is -0.0839. The first kappa shape index (κ1) is 26.0. The van der Waals surface area contributed by atoms with Crippen molar-refractivity contribution in [2.24, 2.45) is 9.98 Å². The van der Waals surface area contributed by atoms with Crippen LogP contribution in [0.15, 0.2) is 86.3 Å². The van der Waals surface area contributed by atoms with Crippen LogP contribution in [0.5, 0.6) is 5.75 Å². The van der Waals surface area contributed by atoms with E-state index in [1.165, 1.54) is 27.9 Å². The molecule has 2 heterocycles. The molecule has 0 saturated carbocycles. The molecule has 0 unspecified atom stereocenters. The minimum absolute atomic E-state index is 0.0839. The van der Waals surface area contributed by atoms with E-state index in [0.29, 0.717) is 49.6 Å². The number of phenolic OH excluding ortho intramolecular Hbond substituents is 1. The quantitative estimate of drug-likeness (QED) is 0.228. The molecule has 0 atom stereocenters. The largest absolute Gasteiger partial charge is 0.506 e. The average molecular weight is 561 g/mol. The Morgan fingerprint density at radius 3 is 1.67 bits per heavy atom. The average Bonchev–Trinajstić information content (AvgIpc) is 3.37. The Morgan fingerprint density at radius 2 is 1.18 bits per heavy atom. The Hall–Kier alpha value is -4.60. The summed E-state index contributed by atoms with van der Waals surface area (Å²) in [6.45, 7) is 3.53. The van der Waals surface area contributed by atoms with Crippen LogP contribution in [0.1, 0.15) is 22.5 Å². The maximum Gasteiger partial charge on any atom is 0.280 e. The Labute approximate surface area is 232 Å². The maximum absolute atomic E-state index is 13.0. The number of aliphatic imine (C=N–C) groups is 2. The van der Waals surface area contributed by atoms with Crippen molar-refractivity contribution in [3.8, 4) is 17.1 Å². The van der Waals surface area contributed by atoms with Gasteiger partial charge in [0.15, 0.2) is 0 Å². The standard InChI is InChI=1S/C28H22Cl2N6O3/c1-16-23(27(38)35(33-16)21-8-3-18(29)4-9-21)14-31-20-7-12-26(37)25(13-20)32-15-24-17(2)34-36(28(24)39)22-10-5-19(30)6-11-22/h3-15,33-34,37H,1-2H3. The summed E-state index contributed by atoms with van der Waals surface area (Å²) in [6.07, 6.45) is 2.85. The van der Waals surface area contributed by atoms with E-state index in [1.54, 1.807) is 74.5 Å². The number of aryl methyl sites for hydroxylation is 2. The van der Waals surface area contributed by atoms with Gasteiger partial charge in [-0.25, -0.2) is 9.36 Å². The number of nitrogens with one attached hydrogen (secondary N) is 2. The molecule has 0 fully saturated rings. The van der Waals surface area contributed by atoms with Crippen LogP contribution < -0.4 is 11.1 Å². The Kier molecular flexibility index (Phi) is 7.10. The molecule has 11 heteroatoms. The van der Waals surface area contributed by atoms with Gasteiger partial charge in [0, 0.05) is 33.9 Å². The van der Waals surface area contributed by atoms with Crippen molar-refractivity contribution in [1.29, 1.82) is 0 Å². The summed E-state index contributed by atoms with van der Waals surface area (Å²) in [4.78, 5) is 34.7. The summed E-state index contributed by atoms with van der Waals surface area (Å²) in [6, 6.07) is 18.3. The van der Waals surface area contributed by atoms with Crippen molar-refractivity contribution in [2.75, 3.05) is 0 Å². The van der Waals surface area contributed by atoms with E-state index in [9.17, 15) is 14.7 Å². The van der Waals surface area contributed by atoms with Crippen LogP contribution in [0.4, 0.5) is 11.4 Å². The number of phenols is 1. The van der Waals surface area contributed by atoms with Crippen LogP contribution >= 0.6 is 23.2 Å². The molecule has 5 rings (SSSR count). The van der Waals surface area contributed by atoms with Gasteiger partial charge in [0.05, 0.1) is 28.2 Å². The normalized spacial score (nSPS) is 11.7. The molecule has 2 aromatic heterocycles. The van der Waals surface area contributed by atoms with Crippen molar-refractivity contribution in [3.05, 3.63) is 120 Å². The minimum atomic E-state index is -0.299. The molecule has 39 heavy (non-hydrogen) atoms. The molecule has 0 aliphatic heterocycles. The molecule has 0 spiro atoms. The Balaban J connectivity index is 1.42. The fourth-order valence-electron chi connectivity index (χ4n) is 3.94. The maximum atomic E-state index is 13.0. The Morgan fingerprint density at radius 1 is 0.718 bits per heavy atom. The molecule has 0 radical (unpaired) electrons. The highest BCUT2D eigenvalue weighted by Crippen LogP contribution is 2.30. The molecule has 3 aromatic carbocycles. The van der Waals surface area contributed by atoms with Crippen LogP contribution in [0.25, 0.3) is 11.4 Å². The van der Waals surface area contributed by atoms with Gasteiger partial charge in [0.1, 0.15) is 11.4 Å². The third-order valence-corrected chi connectivity index (χ3v) is 6.54. The van der Waals surface area contributed by atoms with E-state index in [-0.39, 0.29) is 22.6 Å². The topological polar surface area (TPSA) is 121 Å². The second kappa shape index (κ2) is 10.6. The first-order chi connectivity index (χ1) is 18.7. The lowest BCUT2D eigenvalue weighted by Gasteiger charge is -2.01. The second-order valence-electron chi connectivity index (χ2n) is 8.72. The highest BCUT2D eigenvalue weighted by molar-refractivity contribution is 6.30. The zero-order valence-corrected chi connectivity index (χ0v) is 22.3. The second-order valence-corrected chi connectivity index (χ2v) is 9.60. The molecule has 5 aromatic rings. The predicted octanol–water partition coefficient (Wildman–Crippen LogP) is 5.78. The highest BCUT2D eigenvalue weighted by atomic mass is 35.5. The lowest BCUT2D eigenvalue weighted by molar-refractivity contribution is 0.477. The van der Waals surface area contributed by atoms with Gasteiger partial charge in [0.25, 0.3) is 11.1 Å². The summed E-state index contributed by atoms with van der Waals surface area (Å²) in [5, 5.41) is 17.5. The fraction of sp³-hybridized carbons (Fsp3) is 0.0714. The lowest BCUT2D eigenvalue weighted by Crippen LogP contribution is -2.17. The number of H-pyrrole nitrogens is 2. The Bertz CT molecular complexity index is 1840. The van der Waals surface area contributed by atoms with E-state index < -0.39 is 0 Å². The zero-order valence-electron chi connectivity index (χ0n) is 20.8. The number of hydrogen-bond acceptors (Lipinski definition) is 5. The van der Waals surface area contributed by atoms with Gasteiger partial charge in [-0.2, -0.15) is 0 Å². The van der Waals surface area contributed by atoms with Gasteiger partial charge in [-0.1, -0.05) is 23.2 Å². The molecule has 0 saturated heterocycles. The molecule has 0 amide bonds. The van der Waals surface area contributed by atoms with Crippen LogP contribution in [0, 0.1) is 13.8 Å². The van der Waals surface area contributed by atoms with Crippen molar-refractivity contribution >= 4 is 47.0 Å². The fourth-order valence-corrected chi connectivity index (χ4v) is 4.19. The number of aromatic nitrogens is 4. The molecule has 0 bridgehead atoms. The van der Waals surface area contributed by atoms with E-state index in [2.05, 4.69) is 20.2 Å². The van der Waals surface area contributed by atoms with Crippen LogP contribution in [0.2, 0.25) is 10.0 Å². The SMILES string of the molecule is Cc1[nH]n(-c2ccc(Cl)cc2)c(=O)c1C=Nc1ccc(O)c(N=Cc2c(C)[nH]n(-c3ccc(Cl)cc3)c2=O)c1. The third kappa shape index (κ3) is 5.36. The summed E-state index contributed by atoms with van der Waals surface area (Å²) >= 11 is 11.9. The van der Waals surface area contributed by atoms with Crippen molar-refractivity contribution in [3.63, 3.8) is 0 Å². The van der Waals surface area contributed by atoms with E-state index in [0.717, 1.165) is 0 Å². The number of hydrogen-bond donors (Lipinski definition) is 3. The van der Waals surface area contributed by atoms with Crippen molar-refractivity contribution in [2.45, 2.75) is 13.8 Å². The smallest absolute Gasteiger partial charge is 0.280 e. The minimum Gasteiger partial charge on any atom is -0.506 e. The number of halogens is 2. The van der Waals surface area contributed by atoms with Crippen molar-refractivity contribution < 1.29 is 5.11 Å². The molecular weight excluding hydrogens is 539 g/mol. The van der Waals surface area contributed by atoms with Crippen molar-refractivity contribution in [1.82, 2.24) is 19.6 Å². The van der Waals surface area contributed by atoms with Gasteiger partial charge >= 0.3 is 0 Å². The summed E-state index contributed by atoms with van der Waals surface area (Å²) in [7, 11) is 0. The van der Waals surface area contributed by atoms with Gasteiger partial charge in [-0.05, 0) is 80.6 Å². The number of nitrogens with zero attached hydrogens (tertiary/aromatic N) is 4. The number of rotatable bonds is 6. The van der Waals surface area contributed by atoms with E-state index in [1.807, 2.05) is 0 Å². The molecule has 0 aliphatic carbocycles. The first-order valence-corrected chi connectivity index (χ1v) is 12.5. The molecule has 3 N–H and O–H groups in total. The monoisotopic (exact) mass is 560 g/mol. The van der Waals surface area contributed by atoms with Gasteiger partial charge < -0.3 is 5.11 Å². The molecule has 9 nitrogen and oxygen atoms in total. The highest BCUT2D eigenvalue weighted by Gasteiger charge is 2.13. The molecular formula is C28H22Cl2N6O3. The van der Waals surface area contributed by atoms with Gasteiger partial charge in [-0.15, -0.1) is 0 Å². The number of benzene rings is 3. The van der Waals surface area contributed by atoms with E-state index >= 15 is 0 Å². The van der Waals surface area contributed by atoms with Gasteiger partial charge in [-0.3, -0.25) is 29.8 Å². The van der Waals surface area contributed by atoms with Crippen LogP contribution in [-0.2, 0) is 0 Å². The van der Waals surface area contributed by atoms with E-state index in [4.69, 9.17) is 23.2 Å². The van der Waals surface area contributed by atoms with Crippen LogP contribution in [-0.4, -0.2) is 37.1 Å².